The Hall–Kier alpha value is -0.380. The molecule has 0 amide bonds. The van der Waals surface area contributed by atoms with E-state index in [1.165, 1.54) is 0 Å². The quantitative estimate of drug-likeness (QED) is 0.690. The Labute approximate surface area is 85.7 Å². The molecule has 1 aliphatic carbocycles. The summed E-state index contributed by atoms with van der Waals surface area (Å²) in [5.41, 5.74) is 0. The lowest BCUT2D eigenvalue weighted by Gasteiger charge is -2.34. The Morgan fingerprint density at radius 2 is 1.79 bits per heavy atom. The van der Waals surface area contributed by atoms with Gasteiger partial charge < -0.3 is 14.6 Å². The summed E-state index contributed by atoms with van der Waals surface area (Å²) < 4.78 is 10.3. The molecule has 0 fully saturated rings. The predicted octanol–water partition coefficient (Wildman–Crippen LogP) is 1.08. The Morgan fingerprint density at radius 1 is 1.14 bits per heavy atom. The molecule has 1 aliphatic rings. The molecule has 3 heteroatoms. The van der Waals surface area contributed by atoms with E-state index in [1.807, 2.05) is 6.92 Å². The van der Waals surface area contributed by atoms with Crippen molar-refractivity contribution in [3.63, 3.8) is 0 Å². The van der Waals surface area contributed by atoms with Gasteiger partial charge in [0.2, 0.25) is 0 Å². The zero-order chi connectivity index (χ0) is 10.6. The molecule has 0 saturated heterocycles. The van der Waals surface area contributed by atoms with Crippen LogP contribution in [0.1, 0.15) is 6.92 Å². The zero-order valence-corrected chi connectivity index (χ0v) is 9.14. The van der Waals surface area contributed by atoms with Gasteiger partial charge in [0.05, 0.1) is 19.3 Å². The highest BCUT2D eigenvalue weighted by molar-refractivity contribution is 5.04. The summed E-state index contributed by atoms with van der Waals surface area (Å²) in [6.45, 7) is 3.25. The van der Waals surface area contributed by atoms with Gasteiger partial charge in [0.15, 0.2) is 0 Å². The van der Waals surface area contributed by atoms with E-state index in [1.54, 1.807) is 14.2 Å². The normalized spacial score (nSPS) is 37.4. The topological polar surface area (TPSA) is 38.7 Å². The molecule has 0 aromatic heterocycles. The zero-order valence-electron chi connectivity index (χ0n) is 9.14. The van der Waals surface area contributed by atoms with Gasteiger partial charge >= 0.3 is 0 Å². The minimum absolute atomic E-state index is 0.153. The SMILES string of the molecule is COC[C@H]1[C@@H](O)[C@H](C)C=C[C@H]1COC. The average molecular weight is 200 g/mol. The van der Waals surface area contributed by atoms with Gasteiger partial charge in [0.1, 0.15) is 0 Å². The van der Waals surface area contributed by atoms with Crippen LogP contribution in [0.2, 0.25) is 0 Å². The number of methoxy groups -OCH3 is 2. The smallest absolute Gasteiger partial charge is 0.0656 e. The fourth-order valence-corrected chi connectivity index (χ4v) is 2.00. The monoisotopic (exact) mass is 200 g/mol. The Balaban J connectivity index is 2.66. The maximum Gasteiger partial charge on any atom is 0.0656 e. The van der Waals surface area contributed by atoms with E-state index in [9.17, 15) is 5.11 Å². The molecule has 0 aromatic rings. The van der Waals surface area contributed by atoms with Crippen molar-refractivity contribution in [1.29, 1.82) is 0 Å². The van der Waals surface area contributed by atoms with Crippen LogP contribution >= 0.6 is 0 Å². The minimum atomic E-state index is -0.319. The highest BCUT2D eigenvalue weighted by Crippen LogP contribution is 2.29. The van der Waals surface area contributed by atoms with Crippen molar-refractivity contribution < 1.29 is 14.6 Å². The van der Waals surface area contributed by atoms with E-state index in [4.69, 9.17) is 9.47 Å². The Bertz CT molecular complexity index is 191. The minimum Gasteiger partial charge on any atom is -0.392 e. The van der Waals surface area contributed by atoms with Crippen molar-refractivity contribution in [2.75, 3.05) is 27.4 Å². The van der Waals surface area contributed by atoms with Crippen LogP contribution in [0.15, 0.2) is 12.2 Å². The third-order valence-corrected chi connectivity index (χ3v) is 2.91. The van der Waals surface area contributed by atoms with E-state index in [-0.39, 0.29) is 23.9 Å². The molecule has 0 aliphatic heterocycles. The van der Waals surface area contributed by atoms with Crippen molar-refractivity contribution in [3.8, 4) is 0 Å². The van der Waals surface area contributed by atoms with Gasteiger partial charge in [-0.3, -0.25) is 0 Å². The fourth-order valence-electron chi connectivity index (χ4n) is 2.00. The molecule has 0 radical (unpaired) electrons. The lowest BCUT2D eigenvalue weighted by Crippen LogP contribution is -2.39. The van der Waals surface area contributed by atoms with Crippen LogP contribution < -0.4 is 0 Å². The van der Waals surface area contributed by atoms with Gasteiger partial charge in [0.25, 0.3) is 0 Å². The maximum absolute atomic E-state index is 9.98. The standard InChI is InChI=1S/C11H20O3/c1-8-4-5-9(6-13-2)10(7-14-3)11(8)12/h4-5,8-12H,6-7H2,1-3H3/t8-,9+,10-,11+/m1/s1. The van der Waals surface area contributed by atoms with Gasteiger partial charge in [-0.25, -0.2) is 0 Å². The van der Waals surface area contributed by atoms with Crippen LogP contribution in [0, 0.1) is 17.8 Å². The van der Waals surface area contributed by atoms with Crippen LogP contribution in [0.25, 0.3) is 0 Å². The van der Waals surface area contributed by atoms with Gasteiger partial charge in [-0.1, -0.05) is 19.1 Å². The van der Waals surface area contributed by atoms with Gasteiger partial charge in [-0.05, 0) is 0 Å². The molecule has 0 saturated carbocycles. The van der Waals surface area contributed by atoms with Crippen molar-refractivity contribution >= 4 is 0 Å². The molecular weight excluding hydrogens is 180 g/mol. The summed E-state index contributed by atoms with van der Waals surface area (Å²) in [5, 5.41) is 9.98. The summed E-state index contributed by atoms with van der Waals surface area (Å²) in [6, 6.07) is 0. The molecule has 3 nitrogen and oxygen atoms in total. The maximum atomic E-state index is 9.98. The second kappa shape index (κ2) is 5.49. The van der Waals surface area contributed by atoms with Crippen LogP contribution in [0.5, 0.6) is 0 Å². The van der Waals surface area contributed by atoms with Crippen molar-refractivity contribution in [2.45, 2.75) is 13.0 Å². The third kappa shape index (κ3) is 2.56. The summed E-state index contributed by atoms with van der Waals surface area (Å²) in [4.78, 5) is 0. The van der Waals surface area contributed by atoms with Crippen molar-refractivity contribution in [1.82, 2.24) is 0 Å². The lowest BCUT2D eigenvalue weighted by atomic mass is 9.78. The molecule has 0 unspecified atom stereocenters. The predicted molar refractivity (Wildman–Crippen MR) is 55.0 cm³/mol. The van der Waals surface area contributed by atoms with E-state index in [0.717, 1.165) is 0 Å². The first kappa shape index (κ1) is 11.7. The number of hydrogen-bond donors (Lipinski definition) is 1. The van der Waals surface area contributed by atoms with Crippen LogP contribution in [0.3, 0.4) is 0 Å². The first-order valence-corrected chi connectivity index (χ1v) is 5.05. The Kier molecular flexibility index (Phi) is 4.58. The highest BCUT2D eigenvalue weighted by Gasteiger charge is 2.32. The van der Waals surface area contributed by atoms with Crippen molar-refractivity contribution in [2.24, 2.45) is 17.8 Å². The first-order chi connectivity index (χ1) is 6.70. The van der Waals surface area contributed by atoms with Gasteiger partial charge in [-0.15, -0.1) is 0 Å². The van der Waals surface area contributed by atoms with Gasteiger partial charge in [-0.2, -0.15) is 0 Å². The van der Waals surface area contributed by atoms with Gasteiger partial charge in [0, 0.05) is 32.0 Å². The second-order valence-corrected chi connectivity index (χ2v) is 3.97. The number of aliphatic hydroxyl groups excluding tert-OH is 1. The fraction of sp³-hybridized carbons (Fsp3) is 0.818. The molecule has 1 rings (SSSR count). The molecule has 0 bridgehead atoms. The number of hydrogen-bond acceptors (Lipinski definition) is 3. The van der Waals surface area contributed by atoms with Crippen LogP contribution in [-0.2, 0) is 9.47 Å². The van der Waals surface area contributed by atoms with E-state index in [0.29, 0.717) is 13.2 Å². The summed E-state index contributed by atoms with van der Waals surface area (Å²) in [7, 11) is 3.35. The van der Waals surface area contributed by atoms with E-state index in [2.05, 4.69) is 12.2 Å². The molecule has 4 atom stereocenters. The molecule has 0 heterocycles. The number of aliphatic hydroxyl groups is 1. The van der Waals surface area contributed by atoms with Crippen molar-refractivity contribution in [3.05, 3.63) is 12.2 Å². The summed E-state index contributed by atoms with van der Waals surface area (Å²) in [5.74, 6) is 0.634. The van der Waals surface area contributed by atoms with E-state index < -0.39 is 0 Å². The number of rotatable bonds is 4. The third-order valence-electron chi connectivity index (χ3n) is 2.91. The molecular formula is C11H20O3. The second-order valence-electron chi connectivity index (χ2n) is 3.97. The lowest BCUT2D eigenvalue weighted by molar-refractivity contribution is -0.0163. The summed E-state index contributed by atoms with van der Waals surface area (Å²) >= 11 is 0. The molecule has 14 heavy (non-hydrogen) atoms. The summed E-state index contributed by atoms with van der Waals surface area (Å²) in [6.07, 6.45) is 3.87. The molecule has 0 aromatic carbocycles. The Morgan fingerprint density at radius 3 is 2.36 bits per heavy atom. The number of ether oxygens (including phenoxy) is 2. The average Bonchev–Trinajstić information content (AvgIpc) is 2.18. The largest absolute Gasteiger partial charge is 0.392 e. The molecule has 0 spiro atoms. The molecule has 1 N–H and O–H groups in total. The first-order valence-electron chi connectivity index (χ1n) is 5.05. The highest BCUT2D eigenvalue weighted by atomic mass is 16.5. The van der Waals surface area contributed by atoms with E-state index >= 15 is 0 Å². The van der Waals surface area contributed by atoms with Crippen LogP contribution in [-0.4, -0.2) is 38.6 Å². The molecule has 82 valence electrons. The van der Waals surface area contributed by atoms with Crippen LogP contribution in [0.4, 0.5) is 0 Å².